The maximum atomic E-state index is 6.19. The molecule has 1 aromatic rings. The summed E-state index contributed by atoms with van der Waals surface area (Å²) in [5, 5.41) is 4.24. The van der Waals surface area contributed by atoms with Crippen molar-refractivity contribution in [3.8, 4) is 0 Å². The molecule has 1 saturated carbocycles. The molecule has 0 aliphatic heterocycles. The third-order valence-electron chi connectivity index (χ3n) is 3.85. The molecule has 1 aromatic carbocycles. The third-order valence-corrected chi connectivity index (χ3v) is 4.08. The molecule has 0 radical (unpaired) electrons. The van der Waals surface area contributed by atoms with Crippen molar-refractivity contribution in [2.75, 3.05) is 38.3 Å². The number of methoxy groups -OCH3 is 1. The van der Waals surface area contributed by atoms with Crippen molar-refractivity contribution in [2.24, 2.45) is 5.92 Å². The van der Waals surface area contributed by atoms with Crippen LogP contribution < -0.4 is 10.2 Å². The van der Waals surface area contributed by atoms with Gasteiger partial charge in [0.05, 0.1) is 6.61 Å². The SMILES string of the molecule is CCCN(CC1CC1)c1ccc(Cl)cc1CNCCOC. The molecule has 0 aromatic heterocycles. The van der Waals surface area contributed by atoms with E-state index < -0.39 is 0 Å². The normalized spacial score (nSPS) is 14.4. The molecule has 2 rings (SSSR count). The molecule has 0 spiro atoms. The number of halogens is 1. The van der Waals surface area contributed by atoms with Crippen LogP contribution in [0.5, 0.6) is 0 Å². The van der Waals surface area contributed by atoms with Gasteiger partial charge in [0.2, 0.25) is 0 Å². The number of hydrogen-bond acceptors (Lipinski definition) is 3. The van der Waals surface area contributed by atoms with Crippen LogP contribution >= 0.6 is 11.6 Å². The molecule has 1 N–H and O–H groups in total. The van der Waals surface area contributed by atoms with Crippen molar-refractivity contribution in [2.45, 2.75) is 32.7 Å². The minimum atomic E-state index is 0.733. The minimum absolute atomic E-state index is 0.733. The lowest BCUT2D eigenvalue weighted by Crippen LogP contribution is -2.28. The fourth-order valence-electron chi connectivity index (χ4n) is 2.59. The van der Waals surface area contributed by atoms with Gasteiger partial charge >= 0.3 is 0 Å². The van der Waals surface area contributed by atoms with Gasteiger partial charge in [-0.1, -0.05) is 18.5 Å². The summed E-state index contributed by atoms with van der Waals surface area (Å²) in [4.78, 5) is 2.53. The number of hydrogen-bond donors (Lipinski definition) is 1. The Morgan fingerprint density at radius 1 is 1.38 bits per heavy atom. The van der Waals surface area contributed by atoms with Crippen molar-refractivity contribution >= 4 is 17.3 Å². The van der Waals surface area contributed by atoms with E-state index in [0.717, 1.165) is 37.2 Å². The van der Waals surface area contributed by atoms with E-state index in [1.165, 1.54) is 37.1 Å². The smallest absolute Gasteiger partial charge is 0.0587 e. The van der Waals surface area contributed by atoms with Crippen LogP contribution in [-0.4, -0.2) is 33.4 Å². The highest BCUT2D eigenvalue weighted by atomic mass is 35.5. The number of rotatable bonds is 10. The fraction of sp³-hybridized carbons (Fsp3) is 0.647. The average molecular weight is 311 g/mol. The maximum absolute atomic E-state index is 6.19. The first-order valence-corrected chi connectivity index (χ1v) is 8.35. The quantitative estimate of drug-likeness (QED) is 0.667. The van der Waals surface area contributed by atoms with Gasteiger partial charge in [0.25, 0.3) is 0 Å². The monoisotopic (exact) mass is 310 g/mol. The molecule has 0 unspecified atom stereocenters. The molecule has 0 heterocycles. The number of nitrogens with one attached hydrogen (secondary N) is 1. The van der Waals surface area contributed by atoms with E-state index in [1.54, 1.807) is 7.11 Å². The van der Waals surface area contributed by atoms with Crippen molar-refractivity contribution in [1.29, 1.82) is 0 Å². The Morgan fingerprint density at radius 3 is 2.86 bits per heavy atom. The number of ether oxygens (including phenoxy) is 1. The predicted octanol–water partition coefficient (Wildman–Crippen LogP) is 3.70. The lowest BCUT2D eigenvalue weighted by Gasteiger charge is -2.27. The minimum Gasteiger partial charge on any atom is -0.383 e. The molecule has 21 heavy (non-hydrogen) atoms. The largest absolute Gasteiger partial charge is 0.383 e. The van der Waals surface area contributed by atoms with Gasteiger partial charge in [0.15, 0.2) is 0 Å². The Hall–Kier alpha value is -0.770. The van der Waals surface area contributed by atoms with Crippen molar-refractivity contribution < 1.29 is 4.74 Å². The Balaban J connectivity index is 2.06. The second kappa shape index (κ2) is 8.62. The summed E-state index contributed by atoms with van der Waals surface area (Å²) in [7, 11) is 1.73. The van der Waals surface area contributed by atoms with Gasteiger partial charge in [-0.3, -0.25) is 0 Å². The highest BCUT2D eigenvalue weighted by Gasteiger charge is 2.25. The molecule has 0 bridgehead atoms. The molecule has 0 atom stereocenters. The van der Waals surface area contributed by atoms with E-state index in [2.05, 4.69) is 29.3 Å². The summed E-state index contributed by atoms with van der Waals surface area (Å²) in [5.74, 6) is 0.890. The first-order valence-electron chi connectivity index (χ1n) is 7.97. The first-order chi connectivity index (χ1) is 10.2. The number of nitrogens with zero attached hydrogens (tertiary/aromatic N) is 1. The van der Waals surface area contributed by atoms with Crippen LogP contribution in [0.2, 0.25) is 5.02 Å². The van der Waals surface area contributed by atoms with Crippen LogP contribution in [0.3, 0.4) is 0 Å². The summed E-state index contributed by atoms with van der Waals surface area (Å²) in [6, 6.07) is 6.27. The molecule has 1 aliphatic carbocycles. The predicted molar refractivity (Wildman–Crippen MR) is 90.3 cm³/mol. The van der Waals surface area contributed by atoms with Crippen molar-refractivity contribution in [1.82, 2.24) is 5.32 Å². The standard InChI is InChI=1S/C17H27ClN2O/c1-3-9-20(13-14-4-5-14)17-7-6-16(18)11-15(17)12-19-8-10-21-2/h6-7,11,14,19H,3-5,8-10,12-13H2,1-2H3. The zero-order valence-corrected chi connectivity index (χ0v) is 14.0. The zero-order chi connectivity index (χ0) is 15.1. The lowest BCUT2D eigenvalue weighted by atomic mass is 10.1. The Kier molecular flexibility index (Phi) is 6.81. The fourth-order valence-corrected chi connectivity index (χ4v) is 2.79. The molecule has 0 saturated heterocycles. The number of benzene rings is 1. The van der Waals surface area contributed by atoms with Crippen LogP contribution in [0.4, 0.5) is 5.69 Å². The van der Waals surface area contributed by atoms with Gasteiger partial charge in [-0.2, -0.15) is 0 Å². The van der Waals surface area contributed by atoms with Gasteiger partial charge in [-0.15, -0.1) is 0 Å². The average Bonchev–Trinajstić information content (AvgIpc) is 3.27. The van der Waals surface area contributed by atoms with E-state index in [1.807, 2.05) is 6.07 Å². The summed E-state index contributed by atoms with van der Waals surface area (Å²) < 4.78 is 5.08. The van der Waals surface area contributed by atoms with Gasteiger partial charge in [0.1, 0.15) is 0 Å². The topological polar surface area (TPSA) is 24.5 Å². The van der Waals surface area contributed by atoms with Gasteiger partial charge in [-0.05, 0) is 48.9 Å². The molecule has 4 heteroatoms. The molecular weight excluding hydrogens is 284 g/mol. The van der Waals surface area contributed by atoms with Gasteiger partial charge in [-0.25, -0.2) is 0 Å². The Morgan fingerprint density at radius 2 is 2.19 bits per heavy atom. The van der Waals surface area contributed by atoms with Crippen LogP contribution in [0, 0.1) is 5.92 Å². The van der Waals surface area contributed by atoms with Gasteiger partial charge in [0, 0.05) is 44.0 Å². The van der Waals surface area contributed by atoms with E-state index >= 15 is 0 Å². The molecule has 0 amide bonds. The second-order valence-corrected chi connectivity index (χ2v) is 6.27. The van der Waals surface area contributed by atoms with E-state index in [9.17, 15) is 0 Å². The van der Waals surface area contributed by atoms with Crippen LogP contribution in [-0.2, 0) is 11.3 Å². The third kappa shape index (κ3) is 5.50. The van der Waals surface area contributed by atoms with Crippen LogP contribution in [0.15, 0.2) is 18.2 Å². The Bertz CT molecular complexity index is 435. The van der Waals surface area contributed by atoms with Gasteiger partial charge < -0.3 is 15.0 Å². The number of anilines is 1. The van der Waals surface area contributed by atoms with Crippen molar-refractivity contribution in [3.05, 3.63) is 28.8 Å². The summed E-state index contributed by atoms with van der Waals surface area (Å²) in [6.45, 7) is 6.97. The summed E-state index contributed by atoms with van der Waals surface area (Å²) in [6.07, 6.45) is 3.94. The summed E-state index contributed by atoms with van der Waals surface area (Å²) in [5.41, 5.74) is 2.62. The first kappa shape index (κ1) is 16.6. The Labute approximate surface area is 133 Å². The van der Waals surface area contributed by atoms with Crippen LogP contribution in [0.1, 0.15) is 31.7 Å². The molecule has 3 nitrogen and oxygen atoms in total. The molecule has 1 aliphatic rings. The van der Waals surface area contributed by atoms with Crippen molar-refractivity contribution in [3.63, 3.8) is 0 Å². The second-order valence-electron chi connectivity index (χ2n) is 5.83. The van der Waals surface area contributed by atoms with E-state index in [4.69, 9.17) is 16.3 Å². The zero-order valence-electron chi connectivity index (χ0n) is 13.2. The molecule has 118 valence electrons. The van der Waals surface area contributed by atoms with E-state index in [0.29, 0.717) is 0 Å². The summed E-state index contributed by atoms with van der Waals surface area (Å²) >= 11 is 6.19. The van der Waals surface area contributed by atoms with Crippen LogP contribution in [0.25, 0.3) is 0 Å². The molecular formula is C17H27ClN2O. The highest BCUT2D eigenvalue weighted by Crippen LogP contribution is 2.33. The lowest BCUT2D eigenvalue weighted by molar-refractivity contribution is 0.199. The molecule has 1 fully saturated rings. The maximum Gasteiger partial charge on any atom is 0.0587 e. The highest BCUT2D eigenvalue weighted by molar-refractivity contribution is 6.30. The van der Waals surface area contributed by atoms with E-state index in [-0.39, 0.29) is 0 Å².